The third kappa shape index (κ3) is 2.11. The van der Waals surface area contributed by atoms with E-state index in [0.717, 1.165) is 6.07 Å². The molecule has 0 N–H and O–H groups in total. The van der Waals surface area contributed by atoms with Gasteiger partial charge in [-0.3, -0.25) is 9.59 Å². The molecule has 0 saturated carbocycles. The van der Waals surface area contributed by atoms with Crippen LogP contribution in [0, 0.1) is 5.82 Å². The van der Waals surface area contributed by atoms with E-state index in [1.165, 1.54) is 19.1 Å². The number of carbonyl (C=O) groups excluding carboxylic acids is 2. The molecule has 0 spiro atoms. The molecule has 1 rings (SSSR count). The highest BCUT2D eigenvalue weighted by Gasteiger charge is 2.09. The number of ether oxygens (including phenoxy) is 1. The van der Waals surface area contributed by atoms with E-state index in [2.05, 4.69) is 4.74 Å². The Balaban J connectivity index is 3.12. The highest BCUT2D eigenvalue weighted by atomic mass is 19.1. The fourth-order valence-electron chi connectivity index (χ4n) is 0.875. The van der Waals surface area contributed by atoms with Gasteiger partial charge in [0.15, 0.2) is 6.29 Å². The van der Waals surface area contributed by atoms with Crippen molar-refractivity contribution in [3.05, 3.63) is 29.6 Å². The zero-order chi connectivity index (χ0) is 9.84. The van der Waals surface area contributed by atoms with Crippen LogP contribution in [0.5, 0.6) is 5.75 Å². The molecule has 0 fully saturated rings. The average molecular weight is 182 g/mol. The van der Waals surface area contributed by atoms with E-state index in [9.17, 15) is 14.0 Å². The van der Waals surface area contributed by atoms with Crippen LogP contribution in [0.15, 0.2) is 18.2 Å². The number of halogens is 1. The van der Waals surface area contributed by atoms with E-state index in [1.54, 1.807) is 0 Å². The average Bonchev–Trinajstić information content (AvgIpc) is 2.03. The molecule has 0 unspecified atom stereocenters. The standard InChI is InChI=1S/C9H7FO3/c1-6(12)13-9-4-2-3-8(10)7(9)5-11/h2-5H,1H3. The van der Waals surface area contributed by atoms with E-state index in [0.29, 0.717) is 6.29 Å². The lowest BCUT2D eigenvalue weighted by Crippen LogP contribution is -2.04. The first kappa shape index (κ1) is 9.38. The van der Waals surface area contributed by atoms with Crippen molar-refractivity contribution in [1.29, 1.82) is 0 Å². The van der Waals surface area contributed by atoms with E-state index >= 15 is 0 Å². The molecule has 0 aliphatic carbocycles. The Morgan fingerprint density at radius 1 is 1.54 bits per heavy atom. The maximum atomic E-state index is 12.9. The Kier molecular flexibility index (Phi) is 2.74. The topological polar surface area (TPSA) is 43.4 Å². The van der Waals surface area contributed by atoms with Crippen molar-refractivity contribution in [3.8, 4) is 5.75 Å². The summed E-state index contributed by atoms with van der Waals surface area (Å²) in [5.41, 5.74) is -0.238. The Morgan fingerprint density at radius 2 is 2.23 bits per heavy atom. The molecule has 0 aromatic heterocycles. The van der Waals surface area contributed by atoms with E-state index < -0.39 is 11.8 Å². The summed E-state index contributed by atoms with van der Waals surface area (Å²) in [6, 6.07) is 3.84. The van der Waals surface area contributed by atoms with Gasteiger partial charge in [-0.2, -0.15) is 0 Å². The number of carbonyl (C=O) groups is 2. The van der Waals surface area contributed by atoms with Gasteiger partial charge in [-0.05, 0) is 12.1 Å². The van der Waals surface area contributed by atoms with Crippen molar-refractivity contribution in [2.24, 2.45) is 0 Å². The minimum atomic E-state index is -0.700. The zero-order valence-electron chi connectivity index (χ0n) is 6.91. The van der Waals surface area contributed by atoms with Crippen LogP contribution in [-0.4, -0.2) is 12.3 Å². The second-order valence-electron chi connectivity index (χ2n) is 2.36. The first-order valence-corrected chi connectivity index (χ1v) is 3.57. The lowest BCUT2D eigenvalue weighted by molar-refractivity contribution is -0.131. The van der Waals surface area contributed by atoms with Crippen LogP contribution in [0.4, 0.5) is 4.39 Å². The van der Waals surface area contributed by atoms with Gasteiger partial charge < -0.3 is 4.74 Å². The summed E-state index contributed by atoms with van der Waals surface area (Å²) < 4.78 is 17.5. The summed E-state index contributed by atoms with van der Waals surface area (Å²) in [7, 11) is 0. The van der Waals surface area contributed by atoms with Gasteiger partial charge in [-0.25, -0.2) is 4.39 Å². The van der Waals surface area contributed by atoms with Gasteiger partial charge in [0.05, 0.1) is 5.56 Å². The first-order valence-electron chi connectivity index (χ1n) is 3.57. The predicted octanol–water partition coefficient (Wildman–Crippen LogP) is 1.56. The van der Waals surface area contributed by atoms with Crippen LogP contribution in [0.1, 0.15) is 17.3 Å². The Labute approximate surface area is 74.1 Å². The van der Waals surface area contributed by atoms with Crippen molar-refractivity contribution >= 4 is 12.3 Å². The first-order chi connectivity index (χ1) is 6.15. The van der Waals surface area contributed by atoms with Crippen LogP contribution < -0.4 is 4.74 Å². The monoisotopic (exact) mass is 182 g/mol. The summed E-state index contributed by atoms with van der Waals surface area (Å²) in [6.07, 6.45) is 0.313. The number of aldehydes is 1. The van der Waals surface area contributed by atoms with Crippen LogP contribution in [-0.2, 0) is 4.79 Å². The maximum absolute atomic E-state index is 12.9. The second-order valence-corrected chi connectivity index (χ2v) is 2.36. The molecule has 0 aliphatic heterocycles. The predicted molar refractivity (Wildman–Crippen MR) is 43.1 cm³/mol. The molecule has 0 aliphatic rings. The molecular weight excluding hydrogens is 175 g/mol. The third-order valence-corrected chi connectivity index (χ3v) is 1.38. The molecule has 0 heterocycles. The van der Waals surface area contributed by atoms with Gasteiger partial charge in [-0.1, -0.05) is 6.07 Å². The lowest BCUT2D eigenvalue weighted by atomic mass is 10.2. The molecule has 0 atom stereocenters. The number of rotatable bonds is 2. The molecule has 68 valence electrons. The van der Waals surface area contributed by atoms with Crippen LogP contribution >= 0.6 is 0 Å². The van der Waals surface area contributed by atoms with Gasteiger partial charge in [0.25, 0.3) is 0 Å². The molecule has 13 heavy (non-hydrogen) atoms. The molecule has 1 aromatic carbocycles. The molecule has 0 radical (unpaired) electrons. The van der Waals surface area contributed by atoms with Crippen LogP contribution in [0.2, 0.25) is 0 Å². The summed E-state index contributed by atoms with van der Waals surface area (Å²) in [5.74, 6) is -1.34. The fraction of sp³-hybridized carbons (Fsp3) is 0.111. The summed E-state index contributed by atoms with van der Waals surface area (Å²) in [5, 5.41) is 0. The van der Waals surface area contributed by atoms with E-state index in [1.807, 2.05) is 0 Å². The summed E-state index contributed by atoms with van der Waals surface area (Å²) in [6.45, 7) is 1.18. The van der Waals surface area contributed by atoms with Gasteiger partial charge in [0.2, 0.25) is 0 Å². The molecule has 0 saturated heterocycles. The van der Waals surface area contributed by atoms with Crippen molar-refractivity contribution in [1.82, 2.24) is 0 Å². The highest BCUT2D eigenvalue weighted by molar-refractivity contribution is 5.82. The van der Waals surface area contributed by atoms with E-state index in [4.69, 9.17) is 0 Å². The zero-order valence-corrected chi connectivity index (χ0v) is 6.91. The van der Waals surface area contributed by atoms with E-state index in [-0.39, 0.29) is 11.3 Å². The van der Waals surface area contributed by atoms with Crippen LogP contribution in [0.3, 0.4) is 0 Å². The van der Waals surface area contributed by atoms with Gasteiger partial charge in [0.1, 0.15) is 11.6 Å². The van der Waals surface area contributed by atoms with Crippen molar-refractivity contribution in [3.63, 3.8) is 0 Å². The smallest absolute Gasteiger partial charge is 0.308 e. The third-order valence-electron chi connectivity index (χ3n) is 1.38. The fourth-order valence-corrected chi connectivity index (χ4v) is 0.875. The quantitative estimate of drug-likeness (QED) is 0.396. The molecule has 0 amide bonds. The maximum Gasteiger partial charge on any atom is 0.308 e. The highest BCUT2D eigenvalue weighted by Crippen LogP contribution is 2.19. The Bertz CT molecular complexity index is 347. The lowest BCUT2D eigenvalue weighted by Gasteiger charge is -2.03. The molecule has 3 nitrogen and oxygen atoms in total. The molecule has 0 bridgehead atoms. The summed E-state index contributed by atoms with van der Waals surface area (Å²) >= 11 is 0. The summed E-state index contributed by atoms with van der Waals surface area (Å²) in [4.78, 5) is 20.9. The minimum Gasteiger partial charge on any atom is -0.426 e. The number of hydrogen-bond acceptors (Lipinski definition) is 3. The molecule has 4 heteroatoms. The van der Waals surface area contributed by atoms with Crippen molar-refractivity contribution in [2.75, 3.05) is 0 Å². The van der Waals surface area contributed by atoms with Gasteiger partial charge in [-0.15, -0.1) is 0 Å². The van der Waals surface area contributed by atoms with Crippen molar-refractivity contribution < 1.29 is 18.7 Å². The van der Waals surface area contributed by atoms with Gasteiger partial charge >= 0.3 is 5.97 Å². The van der Waals surface area contributed by atoms with Crippen LogP contribution in [0.25, 0.3) is 0 Å². The molecule has 1 aromatic rings. The number of esters is 1. The Morgan fingerprint density at radius 3 is 2.77 bits per heavy atom. The number of benzene rings is 1. The second kappa shape index (κ2) is 3.80. The Hall–Kier alpha value is -1.71. The van der Waals surface area contributed by atoms with Crippen molar-refractivity contribution in [2.45, 2.75) is 6.92 Å². The molecular formula is C9H7FO3. The minimum absolute atomic E-state index is 0.0532. The largest absolute Gasteiger partial charge is 0.426 e. The normalized spacial score (nSPS) is 9.38. The SMILES string of the molecule is CC(=O)Oc1cccc(F)c1C=O. The number of hydrogen-bond donors (Lipinski definition) is 0. The van der Waals surface area contributed by atoms with Gasteiger partial charge in [0, 0.05) is 6.92 Å².